The Balaban J connectivity index is 2.13. The first kappa shape index (κ1) is 16.8. The quantitative estimate of drug-likeness (QED) is 0.587. The van der Waals surface area contributed by atoms with E-state index in [0.29, 0.717) is 17.5 Å². The molecule has 0 saturated carbocycles. The van der Waals surface area contributed by atoms with Crippen molar-refractivity contribution in [1.29, 1.82) is 5.26 Å². The molecule has 0 fully saturated rings. The first-order valence-corrected chi connectivity index (χ1v) is 9.44. The van der Waals surface area contributed by atoms with Crippen LogP contribution in [0.5, 0.6) is 0 Å². The Labute approximate surface area is 161 Å². The number of carbonyl (C=O) groups is 1. The molecule has 3 aromatic carbocycles. The van der Waals surface area contributed by atoms with Crippen LogP contribution in [0.1, 0.15) is 38.2 Å². The second kappa shape index (κ2) is 6.25. The van der Waals surface area contributed by atoms with E-state index in [-0.39, 0.29) is 5.78 Å². The number of nitrogens with zero attached hydrogens (tertiary/aromatic N) is 1. The van der Waals surface area contributed by atoms with Gasteiger partial charge in [-0.05, 0) is 0 Å². The van der Waals surface area contributed by atoms with E-state index in [9.17, 15) is 10.1 Å². The van der Waals surface area contributed by atoms with Gasteiger partial charge in [0.1, 0.15) is 0 Å². The summed E-state index contributed by atoms with van der Waals surface area (Å²) in [7, 11) is 0. The molecule has 1 atom stereocenters. The molecule has 1 unspecified atom stereocenters. The number of nitriles is 1. The van der Waals surface area contributed by atoms with E-state index in [4.69, 9.17) is 0 Å². The molecule has 1 aliphatic carbocycles. The Morgan fingerprint density at radius 3 is 2.50 bits per heavy atom. The van der Waals surface area contributed by atoms with Crippen LogP contribution >= 0.6 is 0 Å². The van der Waals surface area contributed by atoms with Gasteiger partial charge in [0.25, 0.3) is 0 Å². The van der Waals surface area contributed by atoms with Gasteiger partial charge in [0.2, 0.25) is 0 Å². The maximum atomic E-state index is 13.4. The standard InChI is InChI=1S/C23H17NOSe/c1-15-10-11-20-18(12-15)22(25)17-8-5-9-21(26)19(17)13-23(20,14-24)16-6-3-2-4-7-16/h2-12,26H,13H2,1H3. The molecule has 4 rings (SSSR count). The van der Waals surface area contributed by atoms with Crippen molar-refractivity contribution in [1.82, 2.24) is 0 Å². The van der Waals surface area contributed by atoms with Gasteiger partial charge in [0, 0.05) is 0 Å². The van der Waals surface area contributed by atoms with Crippen molar-refractivity contribution in [3.05, 3.63) is 100 Å². The predicted molar refractivity (Wildman–Crippen MR) is 104 cm³/mol. The van der Waals surface area contributed by atoms with Crippen LogP contribution in [0.3, 0.4) is 0 Å². The third-order valence-corrected chi connectivity index (χ3v) is 6.05. The second-order valence-corrected chi connectivity index (χ2v) is 7.75. The average Bonchev–Trinajstić information content (AvgIpc) is 2.77. The van der Waals surface area contributed by atoms with Crippen LogP contribution < -0.4 is 4.46 Å². The fourth-order valence-corrected chi connectivity index (χ4v) is 4.44. The number of carbonyl (C=O) groups excluding carboxylic acids is 1. The van der Waals surface area contributed by atoms with Crippen molar-refractivity contribution >= 4 is 26.3 Å². The number of ketones is 1. The zero-order valence-electron chi connectivity index (χ0n) is 14.4. The number of fused-ring (bicyclic) bond motifs is 2. The van der Waals surface area contributed by atoms with Gasteiger partial charge in [0.15, 0.2) is 0 Å². The Kier molecular flexibility index (Phi) is 4.04. The topological polar surface area (TPSA) is 40.9 Å². The van der Waals surface area contributed by atoms with E-state index >= 15 is 0 Å². The van der Waals surface area contributed by atoms with E-state index in [1.54, 1.807) is 0 Å². The Bertz CT molecular complexity index is 1070. The summed E-state index contributed by atoms with van der Waals surface area (Å²) in [5, 5.41) is 10.4. The van der Waals surface area contributed by atoms with E-state index in [0.717, 1.165) is 26.7 Å². The van der Waals surface area contributed by atoms with Crippen LogP contribution in [-0.2, 0) is 11.8 Å². The Hall–Kier alpha value is -2.66. The first-order valence-electron chi connectivity index (χ1n) is 8.50. The van der Waals surface area contributed by atoms with Gasteiger partial charge in [-0.25, -0.2) is 0 Å². The number of benzene rings is 3. The van der Waals surface area contributed by atoms with Crippen LogP contribution in [0, 0.1) is 18.3 Å². The van der Waals surface area contributed by atoms with Crippen LogP contribution in [-0.4, -0.2) is 21.8 Å². The summed E-state index contributed by atoms with van der Waals surface area (Å²) in [5.41, 5.74) is 4.12. The van der Waals surface area contributed by atoms with E-state index in [1.165, 1.54) is 0 Å². The van der Waals surface area contributed by atoms with Gasteiger partial charge in [-0.3, -0.25) is 0 Å². The van der Waals surface area contributed by atoms with Gasteiger partial charge in [-0.1, -0.05) is 0 Å². The average molecular weight is 402 g/mol. The molecule has 0 saturated heterocycles. The monoisotopic (exact) mass is 403 g/mol. The minimum absolute atomic E-state index is 0.000318. The molecule has 3 aromatic rings. The van der Waals surface area contributed by atoms with E-state index in [1.807, 2.05) is 73.7 Å². The van der Waals surface area contributed by atoms with Gasteiger partial charge < -0.3 is 0 Å². The second-order valence-electron chi connectivity index (χ2n) is 6.74. The zero-order valence-corrected chi connectivity index (χ0v) is 16.2. The van der Waals surface area contributed by atoms with Crippen molar-refractivity contribution in [2.75, 3.05) is 0 Å². The molecular formula is C23H17NOSe. The molecule has 3 heteroatoms. The summed E-state index contributed by atoms with van der Waals surface area (Å²) >= 11 is 2.54. The van der Waals surface area contributed by atoms with Crippen LogP contribution in [0.4, 0.5) is 0 Å². The SMILES string of the molecule is Cc1ccc2c(c1)C(=O)c1cccc([SeH])c1CC2(C#N)c1ccccc1. The minimum atomic E-state index is -0.888. The first-order chi connectivity index (χ1) is 12.6. The molecule has 0 amide bonds. The maximum absolute atomic E-state index is 13.4. The molecule has 126 valence electrons. The Morgan fingerprint density at radius 2 is 1.77 bits per heavy atom. The third kappa shape index (κ3) is 2.42. The van der Waals surface area contributed by atoms with Crippen molar-refractivity contribution < 1.29 is 4.79 Å². The molecule has 0 bridgehead atoms. The van der Waals surface area contributed by atoms with Crippen molar-refractivity contribution in [2.24, 2.45) is 0 Å². The number of aryl methyl sites for hydroxylation is 1. The van der Waals surface area contributed by atoms with Crippen LogP contribution in [0.2, 0.25) is 0 Å². The van der Waals surface area contributed by atoms with Crippen LogP contribution in [0.15, 0.2) is 66.7 Å². The molecule has 0 aromatic heterocycles. The van der Waals surface area contributed by atoms with E-state index in [2.05, 4.69) is 22.1 Å². The van der Waals surface area contributed by atoms with Crippen molar-refractivity contribution in [2.45, 2.75) is 18.8 Å². The summed E-state index contributed by atoms with van der Waals surface area (Å²) in [4.78, 5) is 13.4. The van der Waals surface area contributed by atoms with Gasteiger partial charge in [-0.15, -0.1) is 0 Å². The van der Waals surface area contributed by atoms with Crippen LogP contribution in [0.25, 0.3) is 0 Å². The normalized spacial score (nSPS) is 18.4. The summed E-state index contributed by atoms with van der Waals surface area (Å²) < 4.78 is 0.989. The molecule has 2 nitrogen and oxygen atoms in total. The van der Waals surface area contributed by atoms with Gasteiger partial charge in [-0.2, -0.15) is 0 Å². The van der Waals surface area contributed by atoms with Crippen molar-refractivity contribution in [3.8, 4) is 6.07 Å². The predicted octanol–water partition coefficient (Wildman–Crippen LogP) is 3.12. The number of hydrogen-bond donors (Lipinski definition) is 0. The summed E-state index contributed by atoms with van der Waals surface area (Å²) in [6, 6.07) is 24.0. The summed E-state index contributed by atoms with van der Waals surface area (Å²) in [5.74, 6) is -0.000318. The fourth-order valence-electron chi connectivity index (χ4n) is 3.84. The summed E-state index contributed by atoms with van der Waals surface area (Å²) in [6.07, 6.45) is 0.482. The zero-order chi connectivity index (χ0) is 18.3. The molecule has 26 heavy (non-hydrogen) atoms. The molecular weight excluding hydrogens is 385 g/mol. The number of hydrogen-bond acceptors (Lipinski definition) is 2. The number of rotatable bonds is 1. The molecule has 0 heterocycles. The molecule has 0 spiro atoms. The summed E-state index contributed by atoms with van der Waals surface area (Å²) in [6.45, 7) is 1.98. The van der Waals surface area contributed by atoms with Gasteiger partial charge >= 0.3 is 161 Å². The van der Waals surface area contributed by atoms with E-state index < -0.39 is 5.41 Å². The molecule has 0 aliphatic heterocycles. The third-order valence-electron chi connectivity index (χ3n) is 5.17. The Morgan fingerprint density at radius 1 is 1.00 bits per heavy atom. The molecule has 1 aliphatic rings. The van der Waals surface area contributed by atoms with Gasteiger partial charge in [0.05, 0.1) is 0 Å². The fraction of sp³-hybridized carbons (Fsp3) is 0.130. The molecule has 0 N–H and O–H groups in total. The van der Waals surface area contributed by atoms with Crippen molar-refractivity contribution in [3.63, 3.8) is 0 Å². The molecule has 0 radical (unpaired) electrons.